The van der Waals surface area contributed by atoms with Crippen molar-refractivity contribution >= 4 is 28.0 Å². The third kappa shape index (κ3) is 3.16. The summed E-state index contributed by atoms with van der Waals surface area (Å²) in [6, 6.07) is 19.2. The fraction of sp³-hybridized carbons (Fsp3) is 0.0870. The summed E-state index contributed by atoms with van der Waals surface area (Å²) in [7, 11) is 3.16. The number of imidazole rings is 1. The van der Waals surface area contributed by atoms with Crippen LogP contribution in [0.3, 0.4) is 0 Å². The lowest BCUT2D eigenvalue weighted by Gasteiger charge is -2.14. The Morgan fingerprint density at radius 3 is 2.25 bits per heavy atom. The molecular weight excluding hydrogens is 410 g/mol. The normalized spacial score (nSPS) is 11.1. The molecule has 5 aromatic rings. The fourth-order valence-corrected chi connectivity index (χ4v) is 3.58. The molecule has 0 aliphatic carbocycles. The van der Waals surface area contributed by atoms with Gasteiger partial charge in [0.1, 0.15) is 17.3 Å². The number of non-ortho nitro benzene ring substituents is 1. The minimum atomic E-state index is -0.435. The fourth-order valence-electron chi connectivity index (χ4n) is 3.58. The number of methoxy groups -OCH3 is 2. The monoisotopic (exact) mass is 427 g/mol. The molecule has 0 N–H and O–H groups in total. The van der Waals surface area contributed by atoms with Crippen LogP contribution in [-0.4, -0.2) is 38.7 Å². The number of ether oxygens (including phenoxy) is 2. The zero-order valence-corrected chi connectivity index (χ0v) is 17.2. The minimum Gasteiger partial charge on any atom is -0.497 e. The number of nitro groups is 1. The Hall–Kier alpha value is -4.53. The standard InChI is InChI=1S/C23H17N5O4/c1-31-16-11-12-19(20(13-16)32-2)27-22(14-7-9-15(10-8-14)28(29)30)26-21-23(27)25-18-6-4-3-5-17(18)24-21/h3-13H,1-2H3. The average Bonchev–Trinajstić information content (AvgIpc) is 3.20. The van der Waals surface area contributed by atoms with Crippen molar-refractivity contribution in [1.29, 1.82) is 0 Å². The van der Waals surface area contributed by atoms with E-state index in [0.29, 0.717) is 39.9 Å². The second-order valence-electron chi connectivity index (χ2n) is 6.97. The Morgan fingerprint density at radius 2 is 1.59 bits per heavy atom. The second-order valence-corrected chi connectivity index (χ2v) is 6.97. The van der Waals surface area contributed by atoms with Crippen molar-refractivity contribution in [2.45, 2.75) is 0 Å². The van der Waals surface area contributed by atoms with Gasteiger partial charge in [0, 0.05) is 23.8 Å². The number of hydrogen-bond donors (Lipinski definition) is 0. The van der Waals surface area contributed by atoms with Crippen molar-refractivity contribution in [2.24, 2.45) is 0 Å². The number of para-hydroxylation sites is 2. The molecule has 0 spiro atoms. The molecule has 158 valence electrons. The molecule has 0 radical (unpaired) electrons. The zero-order valence-electron chi connectivity index (χ0n) is 17.2. The van der Waals surface area contributed by atoms with Crippen molar-refractivity contribution in [1.82, 2.24) is 19.5 Å². The highest BCUT2D eigenvalue weighted by Gasteiger charge is 2.21. The summed E-state index contributed by atoms with van der Waals surface area (Å²) in [6.07, 6.45) is 0. The molecule has 2 aromatic heterocycles. The third-order valence-corrected chi connectivity index (χ3v) is 5.13. The first-order chi connectivity index (χ1) is 15.6. The molecule has 0 saturated carbocycles. The number of aromatic nitrogens is 4. The maximum absolute atomic E-state index is 11.1. The predicted octanol–water partition coefficient (Wildman–Crippen LogP) is 4.56. The lowest BCUT2D eigenvalue weighted by Crippen LogP contribution is -2.02. The van der Waals surface area contributed by atoms with Gasteiger partial charge in [0.2, 0.25) is 0 Å². The summed E-state index contributed by atoms with van der Waals surface area (Å²) in [5.41, 5.74) is 3.81. The summed E-state index contributed by atoms with van der Waals surface area (Å²) in [4.78, 5) is 24.9. The largest absolute Gasteiger partial charge is 0.497 e. The van der Waals surface area contributed by atoms with Gasteiger partial charge in [-0.3, -0.25) is 14.7 Å². The molecule has 0 aliphatic heterocycles. The van der Waals surface area contributed by atoms with Gasteiger partial charge >= 0.3 is 0 Å². The Labute approximate surface area is 182 Å². The summed E-state index contributed by atoms with van der Waals surface area (Å²) < 4.78 is 12.8. The van der Waals surface area contributed by atoms with Crippen LogP contribution in [0.4, 0.5) is 5.69 Å². The van der Waals surface area contributed by atoms with Gasteiger partial charge in [-0.1, -0.05) is 12.1 Å². The lowest BCUT2D eigenvalue weighted by molar-refractivity contribution is -0.384. The molecule has 5 rings (SSSR count). The molecule has 0 saturated heterocycles. The van der Waals surface area contributed by atoms with E-state index in [1.807, 2.05) is 41.0 Å². The van der Waals surface area contributed by atoms with Crippen molar-refractivity contribution in [3.05, 3.63) is 76.8 Å². The van der Waals surface area contributed by atoms with E-state index in [4.69, 9.17) is 19.4 Å². The Balaban J connectivity index is 1.83. The molecule has 2 heterocycles. The van der Waals surface area contributed by atoms with Crippen LogP contribution in [0.1, 0.15) is 0 Å². The van der Waals surface area contributed by atoms with E-state index in [1.165, 1.54) is 12.1 Å². The number of rotatable bonds is 5. The van der Waals surface area contributed by atoms with Gasteiger partial charge in [-0.25, -0.2) is 15.0 Å². The summed E-state index contributed by atoms with van der Waals surface area (Å²) in [5, 5.41) is 11.1. The first-order valence-electron chi connectivity index (χ1n) is 9.71. The van der Waals surface area contributed by atoms with Crippen molar-refractivity contribution in [3.63, 3.8) is 0 Å². The maximum atomic E-state index is 11.1. The first kappa shape index (κ1) is 19.4. The van der Waals surface area contributed by atoms with Crippen molar-refractivity contribution < 1.29 is 14.4 Å². The van der Waals surface area contributed by atoms with Crippen LogP contribution < -0.4 is 9.47 Å². The van der Waals surface area contributed by atoms with Crippen LogP contribution >= 0.6 is 0 Å². The third-order valence-electron chi connectivity index (χ3n) is 5.13. The van der Waals surface area contributed by atoms with E-state index < -0.39 is 4.92 Å². The molecule has 32 heavy (non-hydrogen) atoms. The number of fused-ring (bicyclic) bond motifs is 2. The van der Waals surface area contributed by atoms with E-state index in [0.717, 1.165) is 11.0 Å². The quantitative estimate of drug-likeness (QED) is 0.299. The summed E-state index contributed by atoms with van der Waals surface area (Å²) >= 11 is 0. The topological polar surface area (TPSA) is 105 Å². The van der Waals surface area contributed by atoms with Crippen LogP contribution in [0.25, 0.3) is 39.4 Å². The molecule has 0 fully saturated rings. The van der Waals surface area contributed by atoms with Gasteiger partial charge in [-0.15, -0.1) is 0 Å². The van der Waals surface area contributed by atoms with Crippen molar-refractivity contribution in [3.8, 4) is 28.6 Å². The van der Waals surface area contributed by atoms with E-state index in [9.17, 15) is 10.1 Å². The molecule has 9 heteroatoms. The molecular formula is C23H17N5O4. The number of nitrogens with zero attached hydrogens (tertiary/aromatic N) is 5. The van der Waals surface area contributed by atoms with Crippen LogP contribution in [0, 0.1) is 10.1 Å². The molecule has 0 amide bonds. The number of nitro benzene ring substituents is 1. The Morgan fingerprint density at radius 1 is 0.875 bits per heavy atom. The molecule has 0 unspecified atom stereocenters. The highest BCUT2D eigenvalue weighted by molar-refractivity contribution is 5.86. The van der Waals surface area contributed by atoms with Gasteiger partial charge in [0.25, 0.3) is 5.69 Å². The first-order valence-corrected chi connectivity index (χ1v) is 9.71. The number of benzene rings is 3. The Kier molecular flexibility index (Phi) is 4.63. The zero-order chi connectivity index (χ0) is 22.2. The van der Waals surface area contributed by atoms with E-state index in [2.05, 4.69) is 4.98 Å². The average molecular weight is 427 g/mol. The van der Waals surface area contributed by atoms with Gasteiger partial charge in [0.05, 0.1) is 35.9 Å². The molecule has 3 aromatic carbocycles. The van der Waals surface area contributed by atoms with Gasteiger partial charge in [0.15, 0.2) is 11.3 Å². The maximum Gasteiger partial charge on any atom is 0.269 e. The minimum absolute atomic E-state index is 0.000396. The smallest absolute Gasteiger partial charge is 0.269 e. The molecule has 0 bridgehead atoms. The lowest BCUT2D eigenvalue weighted by atomic mass is 10.2. The van der Waals surface area contributed by atoms with E-state index in [1.54, 1.807) is 32.4 Å². The van der Waals surface area contributed by atoms with Crippen LogP contribution in [0.15, 0.2) is 66.7 Å². The number of hydrogen-bond acceptors (Lipinski definition) is 7. The molecule has 0 aliphatic rings. The summed E-state index contributed by atoms with van der Waals surface area (Å²) in [6.45, 7) is 0. The van der Waals surface area contributed by atoms with Gasteiger partial charge in [-0.2, -0.15) is 0 Å². The van der Waals surface area contributed by atoms with E-state index in [-0.39, 0.29) is 5.69 Å². The van der Waals surface area contributed by atoms with Crippen LogP contribution in [-0.2, 0) is 0 Å². The van der Waals surface area contributed by atoms with Gasteiger partial charge in [-0.05, 0) is 36.4 Å². The van der Waals surface area contributed by atoms with Crippen LogP contribution in [0.5, 0.6) is 11.5 Å². The molecule has 9 nitrogen and oxygen atoms in total. The van der Waals surface area contributed by atoms with E-state index >= 15 is 0 Å². The highest BCUT2D eigenvalue weighted by Crippen LogP contribution is 2.35. The van der Waals surface area contributed by atoms with Crippen LogP contribution in [0.2, 0.25) is 0 Å². The van der Waals surface area contributed by atoms with Crippen molar-refractivity contribution in [2.75, 3.05) is 14.2 Å². The second kappa shape index (κ2) is 7.62. The SMILES string of the molecule is COc1ccc(-n2c(-c3ccc([N+](=O)[O-])cc3)nc3nc4ccccc4nc32)c(OC)c1. The molecule has 0 atom stereocenters. The summed E-state index contributed by atoms with van der Waals surface area (Å²) in [5.74, 6) is 1.74. The van der Waals surface area contributed by atoms with Gasteiger partial charge < -0.3 is 9.47 Å². The Bertz CT molecular complexity index is 1480. The highest BCUT2D eigenvalue weighted by atomic mass is 16.6. The predicted molar refractivity (Wildman–Crippen MR) is 119 cm³/mol.